The second-order valence-corrected chi connectivity index (χ2v) is 3.42. The van der Waals surface area contributed by atoms with Crippen LogP contribution in [0.25, 0.3) is 0 Å². The third kappa shape index (κ3) is 3.51. The summed E-state index contributed by atoms with van der Waals surface area (Å²) in [6.07, 6.45) is 1.68. The van der Waals surface area contributed by atoms with E-state index < -0.39 is 11.9 Å². The van der Waals surface area contributed by atoms with Crippen molar-refractivity contribution >= 4 is 29.4 Å². The molecule has 0 saturated carbocycles. The number of rotatable bonds is 3. The van der Waals surface area contributed by atoms with Gasteiger partial charge in [-0.1, -0.05) is 6.07 Å². The SMILES string of the molecule is CN(C(=O)NC(=O)CCCl)c1ccccn1. The van der Waals surface area contributed by atoms with Gasteiger partial charge in [-0.2, -0.15) is 0 Å². The molecule has 1 N–H and O–H groups in total. The number of hydrogen-bond acceptors (Lipinski definition) is 3. The zero-order chi connectivity index (χ0) is 12.0. The fourth-order valence-electron chi connectivity index (χ4n) is 1.01. The highest BCUT2D eigenvalue weighted by atomic mass is 35.5. The maximum Gasteiger partial charge on any atom is 0.329 e. The van der Waals surface area contributed by atoms with Gasteiger partial charge in [-0.25, -0.2) is 9.78 Å². The zero-order valence-corrected chi connectivity index (χ0v) is 9.57. The van der Waals surface area contributed by atoms with Crippen molar-refractivity contribution in [2.75, 3.05) is 17.8 Å². The number of nitrogens with zero attached hydrogens (tertiary/aromatic N) is 2. The van der Waals surface area contributed by atoms with E-state index >= 15 is 0 Å². The van der Waals surface area contributed by atoms with Crippen molar-refractivity contribution in [2.45, 2.75) is 6.42 Å². The minimum atomic E-state index is -0.520. The quantitative estimate of drug-likeness (QED) is 0.814. The molecule has 0 radical (unpaired) electrons. The minimum Gasteiger partial charge on any atom is -0.281 e. The third-order valence-corrected chi connectivity index (χ3v) is 2.05. The van der Waals surface area contributed by atoms with Crippen LogP contribution < -0.4 is 10.2 Å². The van der Waals surface area contributed by atoms with Gasteiger partial charge in [-0.05, 0) is 12.1 Å². The number of amides is 3. The standard InChI is InChI=1S/C10H12ClN3O2/c1-14(8-4-2-3-7-12-8)10(16)13-9(15)5-6-11/h2-4,7H,5-6H2,1H3,(H,13,15,16). The number of nitrogens with one attached hydrogen (secondary N) is 1. The number of aromatic nitrogens is 1. The zero-order valence-electron chi connectivity index (χ0n) is 8.81. The van der Waals surface area contributed by atoms with Crippen LogP contribution >= 0.6 is 11.6 Å². The van der Waals surface area contributed by atoms with Gasteiger partial charge in [0.05, 0.1) is 0 Å². The van der Waals surface area contributed by atoms with Crippen molar-refractivity contribution in [1.29, 1.82) is 0 Å². The highest BCUT2D eigenvalue weighted by Crippen LogP contribution is 2.06. The first kappa shape index (κ1) is 12.4. The molecule has 0 aromatic carbocycles. The van der Waals surface area contributed by atoms with E-state index in [1.165, 1.54) is 11.9 Å². The van der Waals surface area contributed by atoms with E-state index in [1.807, 2.05) is 0 Å². The summed E-state index contributed by atoms with van der Waals surface area (Å²) in [6, 6.07) is 4.65. The Hall–Kier alpha value is -1.62. The normalized spacial score (nSPS) is 9.62. The first-order valence-electron chi connectivity index (χ1n) is 4.69. The van der Waals surface area contributed by atoms with Crippen molar-refractivity contribution in [2.24, 2.45) is 0 Å². The first-order valence-corrected chi connectivity index (χ1v) is 5.23. The van der Waals surface area contributed by atoms with Crippen molar-refractivity contribution in [3.05, 3.63) is 24.4 Å². The van der Waals surface area contributed by atoms with Gasteiger partial charge in [0.15, 0.2) is 0 Å². The van der Waals surface area contributed by atoms with Gasteiger partial charge in [-0.15, -0.1) is 11.6 Å². The lowest BCUT2D eigenvalue weighted by Crippen LogP contribution is -2.41. The summed E-state index contributed by atoms with van der Waals surface area (Å²) in [5.74, 6) is 0.258. The maximum absolute atomic E-state index is 11.5. The molecule has 0 aliphatic heterocycles. The Bertz CT molecular complexity index is 370. The van der Waals surface area contributed by atoms with Gasteiger partial charge in [0, 0.05) is 25.5 Å². The van der Waals surface area contributed by atoms with E-state index in [1.54, 1.807) is 24.4 Å². The number of carbonyl (C=O) groups excluding carboxylic acids is 2. The van der Waals surface area contributed by atoms with Gasteiger partial charge in [0.1, 0.15) is 5.82 Å². The van der Waals surface area contributed by atoms with E-state index in [4.69, 9.17) is 11.6 Å². The fourth-order valence-corrected chi connectivity index (χ4v) is 1.18. The van der Waals surface area contributed by atoms with Crippen molar-refractivity contribution in [3.63, 3.8) is 0 Å². The number of alkyl halides is 1. The summed E-state index contributed by atoms with van der Waals surface area (Å²) >= 11 is 5.38. The first-order chi connectivity index (χ1) is 7.65. The molecule has 0 atom stereocenters. The topological polar surface area (TPSA) is 62.3 Å². The van der Waals surface area contributed by atoms with Crippen molar-refractivity contribution < 1.29 is 9.59 Å². The van der Waals surface area contributed by atoms with Crippen LogP contribution in [0.2, 0.25) is 0 Å². The Kier molecular flexibility index (Phi) is 4.72. The van der Waals surface area contributed by atoms with Gasteiger partial charge < -0.3 is 0 Å². The molecular weight excluding hydrogens is 230 g/mol. The monoisotopic (exact) mass is 241 g/mol. The number of imide groups is 1. The van der Waals surface area contributed by atoms with E-state index in [-0.39, 0.29) is 12.3 Å². The summed E-state index contributed by atoms with van der Waals surface area (Å²) in [4.78, 5) is 27.9. The highest BCUT2D eigenvalue weighted by Gasteiger charge is 2.13. The second-order valence-electron chi connectivity index (χ2n) is 3.04. The van der Waals surface area contributed by atoms with Crippen LogP contribution in [-0.4, -0.2) is 29.8 Å². The predicted octanol–water partition coefficient (Wildman–Crippen LogP) is 1.38. The molecule has 1 rings (SSSR count). The molecule has 16 heavy (non-hydrogen) atoms. The molecule has 5 nitrogen and oxygen atoms in total. The van der Waals surface area contributed by atoms with E-state index in [0.717, 1.165) is 0 Å². The van der Waals surface area contributed by atoms with Crippen LogP contribution in [0.1, 0.15) is 6.42 Å². The van der Waals surface area contributed by atoms with Crippen LogP contribution in [-0.2, 0) is 4.79 Å². The molecule has 0 aliphatic rings. The largest absolute Gasteiger partial charge is 0.329 e. The molecule has 1 aromatic heterocycles. The van der Waals surface area contributed by atoms with Crippen LogP contribution in [0.3, 0.4) is 0 Å². The number of carbonyl (C=O) groups is 2. The average Bonchev–Trinajstić information content (AvgIpc) is 2.29. The van der Waals surface area contributed by atoms with Crippen LogP contribution in [0.4, 0.5) is 10.6 Å². The molecular formula is C10H12ClN3O2. The van der Waals surface area contributed by atoms with Gasteiger partial charge in [-0.3, -0.25) is 15.0 Å². The molecule has 3 amide bonds. The Morgan fingerprint density at radius 1 is 1.50 bits per heavy atom. The summed E-state index contributed by atoms with van der Waals surface area (Å²) in [5.41, 5.74) is 0. The van der Waals surface area contributed by atoms with Crippen LogP contribution in [0.15, 0.2) is 24.4 Å². The van der Waals surface area contributed by atoms with Crippen LogP contribution in [0.5, 0.6) is 0 Å². The summed E-state index contributed by atoms with van der Waals surface area (Å²) < 4.78 is 0. The van der Waals surface area contributed by atoms with Crippen molar-refractivity contribution in [1.82, 2.24) is 10.3 Å². The van der Waals surface area contributed by atoms with Gasteiger partial charge in [0.2, 0.25) is 5.91 Å². The Morgan fingerprint density at radius 2 is 2.25 bits per heavy atom. The number of halogens is 1. The lowest BCUT2D eigenvalue weighted by molar-refractivity contribution is -0.119. The fraction of sp³-hybridized carbons (Fsp3) is 0.300. The molecule has 6 heteroatoms. The molecule has 0 saturated heterocycles. The van der Waals surface area contributed by atoms with E-state index in [0.29, 0.717) is 5.82 Å². The minimum absolute atomic E-state index is 0.114. The highest BCUT2D eigenvalue weighted by molar-refractivity contribution is 6.19. The maximum atomic E-state index is 11.5. The smallest absolute Gasteiger partial charge is 0.281 e. The Labute approximate surface area is 98.4 Å². The number of urea groups is 1. The molecule has 1 aromatic rings. The molecule has 0 spiro atoms. The summed E-state index contributed by atoms with van der Waals surface area (Å²) in [5, 5.41) is 2.20. The molecule has 0 aliphatic carbocycles. The lowest BCUT2D eigenvalue weighted by atomic mass is 10.4. The van der Waals surface area contributed by atoms with Gasteiger partial charge in [0.25, 0.3) is 0 Å². The number of hydrogen-bond donors (Lipinski definition) is 1. The van der Waals surface area contributed by atoms with Gasteiger partial charge >= 0.3 is 6.03 Å². The lowest BCUT2D eigenvalue weighted by Gasteiger charge is -2.15. The molecule has 0 fully saturated rings. The molecule has 1 heterocycles. The number of pyridine rings is 1. The van der Waals surface area contributed by atoms with E-state index in [9.17, 15) is 9.59 Å². The molecule has 0 bridgehead atoms. The molecule has 0 unspecified atom stereocenters. The predicted molar refractivity (Wildman–Crippen MR) is 61.5 cm³/mol. The Balaban J connectivity index is 2.58. The van der Waals surface area contributed by atoms with Crippen molar-refractivity contribution in [3.8, 4) is 0 Å². The summed E-state index contributed by atoms with van der Waals surface area (Å²) in [6.45, 7) is 0. The summed E-state index contributed by atoms with van der Waals surface area (Å²) in [7, 11) is 1.53. The van der Waals surface area contributed by atoms with Crippen LogP contribution in [0, 0.1) is 0 Å². The van der Waals surface area contributed by atoms with E-state index in [2.05, 4.69) is 10.3 Å². The second kappa shape index (κ2) is 6.07. The molecule has 86 valence electrons. The third-order valence-electron chi connectivity index (χ3n) is 1.87. The number of anilines is 1. The average molecular weight is 242 g/mol. The Morgan fingerprint density at radius 3 is 2.81 bits per heavy atom.